The van der Waals surface area contributed by atoms with Gasteiger partial charge in [0.05, 0.1) is 29.7 Å². The van der Waals surface area contributed by atoms with Crippen LogP contribution in [0.1, 0.15) is 33.7 Å². The van der Waals surface area contributed by atoms with Gasteiger partial charge in [0.1, 0.15) is 11.5 Å². The molecule has 1 saturated heterocycles. The van der Waals surface area contributed by atoms with Crippen LogP contribution in [0.15, 0.2) is 85.3 Å². The Morgan fingerprint density at radius 2 is 1.62 bits per heavy atom. The molecule has 202 valence electrons. The fraction of sp³-hybridized carbons (Fsp3) is 0.200. The van der Waals surface area contributed by atoms with Crippen molar-refractivity contribution in [3.63, 3.8) is 0 Å². The number of carbonyl (C=O) groups excluding carboxylic acids is 2. The summed E-state index contributed by atoms with van der Waals surface area (Å²) >= 11 is 0. The van der Waals surface area contributed by atoms with Gasteiger partial charge in [0.25, 0.3) is 11.8 Å². The molecule has 1 aliphatic heterocycles. The number of aromatic nitrogens is 4. The van der Waals surface area contributed by atoms with E-state index in [1.807, 2.05) is 55.7 Å². The van der Waals surface area contributed by atoms with Crippen LogP contribution in [-0.2, 0) is 7.05 Å². The van der Waals surface area contributed by atoms with E-state index in [2.05, 4.69) is 25.6 Å². The van der Waals surface area contributed by atoms with E-state index in [-0.39, 0.29) is 17.9 Å². The molecule has 6 rings (SSSR count). The van der Waals surface area contributed by atoms with Crippen LogP contribution in [0.25, 0.3) is 16.6 Å². The Labute approximate surface area is 230 Å². The van der Waals surface area contributed by atoms with E-state index in [0.717, 1.165) is 48.2 Å². The van der Waals surface area contributed by atoms with Crippen molar-refractivity contribution >= 4 is 39.9 Å². The highest BCUT2D eigenvalue weighted by molar-refractivity contribution is 6.05. The Morgan fingerprint density at radius 3 is 2.33 bits per heavy atom. The molecule has 2 amide bonds. The van der Waals surface area contributed by atoms with Crippen molar-refractivity contribution in [2.45, 2.75) is 18.9 Å². The first-order chi connectivity index (χ1) is 19.4. The Hall–Kier alpha value is -4.96. The monoisotopic (exact) mass is 535 g/mol. The van der Waals surface area contributed by atoms with Gasteiger partial charge in [-0.1, -0.05) is 0 Å². The van der Waals surface area contributed by atoms with Crippen LogP contribution in [0.5, 0.6) is 0 Å². The number of aliphatic hydroxyl groups is 1. The number of benzene rings is 2. The highest BCUT2D eigenvalue weighted by Gasteiger charge is 2.18. The van der Waals surface area contributed by atoms with Crippen LogP contribution >= 0.6 is 0 Å². The minimum absolute atomic E-state index is 0.178. The third-order valence-corrected chi connectivity index (χ3v) is 7.20. The number of anilines is 3. The normalized spacial score (nSPS) is 13.9. The van der Waals surface area contributed by atoms with E-state index in [9.17, 15) is 14.7 Å². The molecule has 10 nitrogen and oxygen atoms in total. The van der Waals surface area contributed by atoms with Crippen molar-refractivity contribution in [1.29, 1.82) is 0 Å². The SMILES string of the molecule is Cn1cccc1C(=O)Nc1ccc(-n2ncc3cc(NC(=O)c4ccc(N5CCC(O)CC5)cc4)ncc32)cc1. The van der Waals surface area contributed by atoms with E-state index < -0.39 is 0 Å². The number of pyridine rings is 1. The van der Waals surface area contributed by atoms with Crippen LogP contribution in [0.2, 0.25) is 0 Å². The van der Waals surface area contributed by atoms with Crippen molar-refractivity contribution in [2.24, 2.45) is 7.05 Å². The zero-order valence-electron chi connectivity index (χ0n) is 22.0. The second-order valence-corrected chi connectivity index (χ2v) is 9.91. The number of fused-ring (bicyclic) bond motifs is 1. The smallest absolute Gasteiger partial charge is 0.272 e. The molecular weight excluding hydrogens is 506 g/mol. The lowest BCUT2D eigenvalue weighted by atomic mass is 10.1. The van der Waals surface area contributed by atoms with Gasteiger partial charge in [0, 0.05) is 48.7 Å². The van der Waals surface area contributed by atoms with Crippen molar-refractivity contribution in [2.75, 3.05) is 28.6 Å². The third-order valence-electron chi connectivity index (χ3n) is 7.20. The first-order valence-corrected chi connectivity index (χ1v) is 13.2. The van der Waals surface area contributed by atoms with E-state index in [4.69, 9.17) is 0 Å². The van der Waals surface area contributed by atoms with Crippen LogP contribution in [0, 0.1) is 0 Å². The molecule has 1 fully saturated rings. The molecule has 3 aromatic heterocycles. The largest absolute Gasteiger partial charge is 0.393 e. The van der Waals surface area contributed by atoms with E-state index in [1.54, 1.807) is 45.9 Å². The minimum Gasteiger partial charge on any atom is -0.393 e. The number of aryl methyl sites for hydroxylation is 1. The minimum atomic E-state index is -0.243. The summed E-state index contributed by atoms with van der Waals surface area (Å²) in [5.41, 5.74) is 4.44. The number of hydrogen-bond acceptors (Lipinski definition) is 6. The molecule has 0 saturated carbocycles. The van der Waals surface area contributed by atoms with Gasteiger partial charge < -0.3 is 25.2 Å². The van der Waals surface area contributed by atoms with Crippen molar-refractivity contribution in [3.8, 4) is 5.69 Å². The zero-order valence-corrected chi connectivity index (χ0v) is 22.0. The number of aliphatic hydroxyl groups excluding tert-OH is 1. The molecule has 40 heavy (non-hydrogen) atoms. The molecule has 0 aliphatic carbocycles. The van der Waals surface area contributed by atoms with E-state index >= 15 is 0 Å². The average Bonchev–Trinajstić information content (AvgIpc) is 3.60. The predicted octanol–water partition coefficient (Wildman–Crippen LogP) is 4.22. The summed E-state index contributed by atoms with van der Waals surface area (Å²) in [6, 6.07) is 20.3. The maximum Gasteiger partial charge on any atom is 0.272 e. The third kappa shape index (κ3) is 5.16. The Balaban J connectivity index is 1.12. The molecule has 1 aliphatic rings. The van der Waals surface area contributed by atoms with Gasteiger partial charge in [-0.05, 0) is 79.6 Å². The van der Waals surface area contributed by atoms with Crippen LogP contribution in [0.3, 0.4) is 0 Å². The lowest BCUT2D eigenvalue weighted by Crippen LogP contribution is -2.35. The summed E-state index contributed by atoms with van der Waals surface area (Å²) in [6.45, 7) is 1.61. The molecule has 10 heteroatoms. The summed E-state index contributed by atoms with van der Waals surface area (Å²) in [5.74, 6) is 0.0139. The highest BCUT2D eigenvalue weighted by atomic mass is 16.3. The van der Waals surface area contributed by atoms with Gasteiger partial charge in [0.15, 0.2) is 0 Å². The summed E-state index contributed by atoms with van der Waals surface area (Å²) in [6.07, 6.45) is 6.51. The molecule has 4 heterocycles. The Kier molecular flexibility index (Phi) is 6.75. The number of nitrogens with one attached hydrogen (secondary N) is 2. The summed E-state index contributed by atoms with van der Waals surface area (Å²) in [4.78, 5) is 32.0. The zero-order chi connectivity index (χ0) is 27.6. The molecule has 3 N–H and O–H groups in total. The Morgan fingerprint density at radius 1 is 0.900 bits per heavy atom. The molecule has 0 unspecified atom stereocenters. The van der Waals surface area contributed by atoms with E-state index in [0.29, 0.717) is 22.8 Å². The maximum atomic E-state index is 12.9. The number of carbonyl (C=O) groups is 2. The standard InChI is InChI=1S/C30H29N7O3/c1-35-14-2-3-26(35)30(40)33-22-6-10-24(11-7-22)37-27-19-31-28(17-21(27)18-32-37)34-29(39)20-4-8-23(9-5-20)36-15-12-25(38)13-16-36/h2-11,14,17-19,25,38H,12-13,15-16H2,1H3,(H,33,40)(H,31,34,39). The number of rotatable bonds is 6. The number of piperidine rings is 1. The first-order valence-electron chi connectivity index (χ1n) is 13.2. The molecule has 0 atom stereocenters. The second kappa shape index (κ2) is 10.7. The highest BCUT2D eigenvalue weighted by Crippen LogP contribution is 2.23. The van der Waals surface area contributed by atoms with Crippen LogP contribution < -0.4 is 15.5 Å². The molecular formula is C30H29N7O3. The van der Waals surface area contributed by atoms with Gasteiger partial charge in [-0.3, -0.25) is 9.59 Å². The van der Waals surface area contributed by atoms with Crippen LogP contribution in [0.4, 0.5) is 17.2 Å². The van der Waals surface area contributed by atoms with Gasteiger partial charge in [-0.25, -0.2) is 9.67 Å². The van der Waals surface area contributed by atoms with Gasteiger partial charge in [-0.2, -0.15) is 5.10 Å². The van der Waals surface area contributed by atoms with Crippen molar-refractivity contribution < 1.29 is 14.7 Å². The average molecular weight is 536 g/mol. The molecule has 0 radical (unpaired) electrons. The van der Waals surface area contributed by atoms with Crippen LogP contribution in [-0.4, -0.2) is 55.4 Å². The second-order valence-electron chi connectivity index (χ2n) is 9.91. The van der Waals surface area contributed by atoms with Crippen molar-refractivity contribution in [3.05, 3.63) is 96.6 Å². The predicted molar refractivity (Wildman–Crippen MR) is 154 cm³/mol. The molecule has 5 aromatic rings. The quantitative estimate of drug-likeness (QED) is 0.300. The fourth-order valence-corrected chi connectivity index (χ4v) is 4.91. The van der Waals surface area contributed by atoms with Gasteiger partial charge in [-0.15, -0.1) is 0 Å². The topological polar surface area (TPSA) is 117 Å². The molecule has 0 bridgehead atoms. The first kappa shape index (κ1) is 25.3. The lowest BCUT2D eigenvalue weighted by Gasteiger charge is -2.31. The summed E-state index contributed by atoms with van der Waals surface area (Å²) in [7, 11) is 1.83. The van der Waals surface area contributed by atoms with Crippen molar-refractivity contribution in [1.82, 2.24) is 19.3 Å². The summed E-state index contributed by atoms with van der Waals surface area (Å²) < 4.78 is 3.53. The number of nitrogens with zero attached hydrogens (tertiary/aromatic N) is 5. The van der Waals surface area contributed by atoms with E-state index in [1.165, 1.54) is 0 Å². The number of hydrogen-bond donors (Lipinski definition) is 3. The number of amides is 2. The Bertz CT molecular complexity index is 1660. The molecule has 0 spiro atoms. The molecule has 2 aromatic carbocycles. The fourth-order valence-electron chi connectivity index (χ4n) is 4.91. The lowest BCUT2D eigenvalue weighted by molar-refractivity contribution is 0.101. The maximum absolute atomic E-state index is 12.9. The summed E-state index contributed by atoms with van der Waals surface area (Å²) in [5, 5.41) is 20.8. The van der Waals surface area contributed by atoms with Gasteiger partial charge in [0.2, 0.25) is 0 Å². The van der Waals surface area contributed by atoms with Gasteiger partial charge >= 0.3 is 0 Å².